The van der Waals surface area contributed by atoms with Crippen LogP contribution in [0.15, 0.2) is 152 Å². The molecule has 7 aromatic carbocycles. The van der Waals surface area contributed by atoms with Crippen LogP contribution in [0.1, 0.15) is 5.56 Å². The number of fused-ring (bicyclic) bond motifs is 7. The van der Waals surface area contributed by atoms with E-state index in [9.17, 15) is 5.26 Å². The molecule has 0 aliphatic carbocycles. The summed E-state index contributed by atoms with van der Waals surface area (Å²) in [5.74, 6) is 0. The summed E-state index contributed by atoms with van der Waals surface area (Å²) < 4.78 is 4.75. The predicted molar refractivity (Wildman–Crippen MR) is 183 cm³/mol. The Hall–Kier alpha value is -6.11. The lowest BCUT2D eigenvalue weighted by atomic mass is 9.95. The maximum Gasteiger partial charge on any atom is 0.0991 e. The smallest absolute Gasteiger partial charge is 0.0991 e. The van der Waals surface area contributed by atoms with Crippen LogP contribution in [0.3, 0.4) is 0 Å². The largest absolute Gasteiger partial charge is 0.309 e. The lowest BCUT2D eigenvalue weighted by Crippen LogP contribution is -1.94. The van der Waals surface area contributed by atoms with Crippen molar-refractivity contribution in [2.24, 2.45) is 0 Å². The molecule has 9 rings (SSSR count). The first-order valence-corrected chi connectivity index (χ1v) is 14.8. The van der Waals surface area contributed by atoms with Gasteiger partial charge in [-0.3, -0.25) is 0 Å². The lowest BCUT2D eigenvalue weighted by Gasteiger charge is -2.11. The van der Waals surface area contributed by atoms with Gasteiger partial charge in [0.1, 0.15) is 0 Å². The molecule has 0 unspecified atom stereocenters. The molecule has 0 bridgehead atoms. The molecular weight excluding hydrogens is 534 g/mol. The number of nitrogens with zero attached hydrogens (tertiary/aromatic N) is 3. The van der Waals surface area contributed by atoms with Crippen LogP contribution in [0, 0.1) is 11.3 Å². The third-order valence-corrected chi connectivity index (χ3v) is 8.91. The normalized spacial score (nSPS) is 11.6. The Balaban J connectivity index is 1.36. The van der Waals surface area contributed by atoms with Gasteiger partial charge in [0.25, 0.3) is 0 Å². The van der Waals surface area contributed by atoms with E-state index in [0.717, 1.165) is 22.1 Å². The Kier molecular flexibility index (Phi) is 5.26. The minimum Gasteiger partial charge on any atom is -0.309 e. The zero-order chi connectivity index (χ0) is 29.2. The summed E-state index contributed by atoms with van der Waals surface area (Å²) in [6.45, 7) is 0. The maximum atomic E-state index is 9.39. The summed E-state index contributed by atoms with van der Waals surface area (Å²) in [6.07, 6.45) is 0. The number of nitriles is 1. The minimum atomic E-state index is 0.676. The molecule has 9 aromatic rings. The highest BCUT2D eigenvalue weighted by Crippen LogP contribution is 2.43. The van der Waals surface area contributed by atoms with Crippen molar-refractivity contribution in [3.8, 4) is 28.6 Å². The van der Waals surface area contributed by atoms with Crippen LogP contribution in [-0.2, 0) is 0 Å². The molecule has 0 N–H and O–H groups in total. The molecule has 3 nitrogen and oxygen atoms in total. The summed E-state index contributed by atoms with van der Waals surface area (Å²) in [6, 6.07) is 56.1. The van der Waals surface area contributed by atoms with Crippen LogP contribution in [0.5, 0.6) is 0 Å². The molecule has 0 saturated heterocycles. The zero-order valence-corrected chi connectivity index (χ0v) is 23.8. The summed E-state index contributed by atoms with van der Waals surface area (Å²) in [4.78, 5) is 0. The van der Waals surface area contributed by atoms with E-state index in [4.69, 9.17) is 0 Å². The van der Waals surface area contributed by atoms with Gasteiger partial charge < -0.3 is 9.13 Å². The number of rotatable bonds is 3. The number of hydrogen-bond acceptors (Lipinski definition) is 1. The summed E-state index contributed by atoms with van der Waals surface area (Å²) in [5, 5.41) is 16.5. The van der Waals surface area contributed by atoms with Gasteiger partial charge in [-0.05, 0) is 82.6 Å². The van der Waals surface area contributed by atoms with Crippen LogP contribution in [0.4, 0.5) is 0 Å². The molecule has 204 valence electrons. The molecule has 2 heterocycles. The van der Waals surface area contributed by atoms with Gasteiger partial charge in [-0.1, -0.05) is 91.0 Å². The Bertz CT molecular complexity index is 2610. The van der Waals surface area contributed by atoms with Crippen molar-refractivity contribution in [2.75, 3.05) is 0 Å². The number of benzene rings is 7. The van der Waals surface area contributed by atoms with Crippen molar-refractivity contribution >= 4 is 54.4 Å². The van der Waals surface area contributed by atoms with Crippen LogP contribution in [0.2, 0.25) is 0 Å². The third kappa shape index (κ3) is 3.49. The fourth-order valence-corrected chi connectivity index (χ4v) is 7.06. The first-order chi connectivity index (χ1) is 21.8. The number of aromatic nitrogens is 2. The van der Waals surface area contributed by atoms with E-state index in [1.807, 2.05) is 18.2 Å². The van der Waals surface area contributed by atoms with Crippen LogP contribution >= 0.6 is 0 Å². The zero-order valence-electron chi connectivity index (χ0n) is 23.8. The highest BCUT2D eigenvalue weighted by atomic mass is 15.0. The average Bonchev–Trinajstić information content (AvgIpc) is 3.61. The topological polar surface area (TPSA) is 33.6 Å². The van der Waals surface area contributed by atoms with E-state index in [1.165, 1.54) is 54.7 Å². The first kappa shape index (κ1) is 24.5. The van der Waals surface area contributed by atoms with Crippen LogP contribution in [0.25, 0.3) is 76.9 Å². The van der Waals surface area contributed by atoms with E-state index >= 15 is 0 Å². The molecule has 44 heavy (non-hydrogen) atoms. The van der Waals surface area contributed by atoms with Gasteiger partial charge in [-0.15, -0.1) is 0 Å². The van der Waals surface area contributed by atoms with Gasteiger partial charge in [0.2, 0.25) is 0 Å². The van der Waals surface area contributed by atoms with Gasteiger partial charge in [0.05, 0.1) is 33.7 Å². The van der Waals surface area contributed by atoms with E-state index in [0.29, 0.717) is 5.56 Å². The minimum absolute atomic E-state index is 0.676. The van der Waals surface area contributed by atoms with Crippen molar-refractivity contribution in [1.82, 2.24) is 9.13 Å². The van der Waals surface area contributed by atoms with Crippen molar-refractivity contribution in [1.29, 1.82) is 5.26 Å². The Morgan fingerprint density at radius 1 is 0.409 bits per heavy atom. The summed E-state index contributed by atoms with van der Waals surface area (Å²) in [7, 11) is 0. The second kappa shape index (κ2) is 9.46. The van der Waals surface area contributed by atoms with E-state index in [-0.39, 0.29) is 0 Å². The van der Waals surface area contributed by atoms with Crippen molar-refractivity contribution in [3.05, 3.63) is 157 Å². The second-order valence-electron chi connectivity index (χ2n) is 11.3. The summed E-state index contributed by atoms with van der Waals surface area (Å²) in [5.41, 5.74) is 10.1. The van der Waals surface area contributed by atoms with Crippen molar-refractivity contribution in [3.63, 3.8) is 0 Å². The molecule has 2 aromatic heterocycles. The van der Waals surface area contributed by atoms with E-state index < -0.39 is 0 Å². The van der Waals surface area contributed by atoms with Crippen molar-refractivity contribution in [2.45, 2.75) is 0 Å². The predicted octanol–water partition coefficient (Wildman–Crippen LogP) is 10.6. The van der Waals surface area contributed by atoms with E-state index in [1.54, 1.807) is 0 Å². The Morgan fingerprint density at radius 2 is 0.932 bits per heavy atom. The van der Waals surface area contributed by atoms with Crippen LogP contribution < -0.4 is 0 Å². The van der Waals surface area contributed by atoms with Crippen molar-refractivity contribution < 1.29 is 0 Å². The Morgan fingerprint density at radius 3 is 1.57 bits per heavy atom. The second-order valence-corrected chi connectivity index (χ2v) is 11.3. The fraction of sp³-hybridized carbons (Fsp3) is 0. The third-order valence-electron chi connectivity index (χ3n) is 8.91. The molecular formula is C41H25N3. The van der Waals surface area contributed by atoms with Crippen LogP contribution in [-0.4, -0.2) is 9.13 Å². The van der Waals surface area contributed by atoms with Gasteiger partial charge >= 0.3 is 0 Å². The average molecular weight is 560 g/mol. The van der Waals surface area contributed by atoms with Gasteiger partial charge in [-0.2, -0.15) is 5.26 Å². The molecule has 0 atom stereocenters. The quantitative estimate of drug-likeness (QED) is 0.212. The monoisotopic (exact) mass is 559 g/mol. The highest BCUT2D eigenvalue weighted by Gasteiger charge is 2.20. The molecule has 3 heteroatoms. The molecule has 0 aliphatic heterocycles. The summed E-state index contributed by atoms with van der Waals surface area (Å²) >= 11 is 0. The molecule has 0 amide bonds. The molecule has 0 spiro atoms. The first-order valence-electron chi connectivity index (χ1n) is 14.8. The lowest BCUT2D eigenvalue weighted by molar-refractivity contribution is 1.18. The molecule has 0 aliphatic rings. The van der Waals surface area contributed by atoms with Gasteiger partial charge in [-0.25, -0.2) is 0 Å². The highest BCUT2D eigenvalue weighted by molar-refractivity contribution is 6.22. The number of hydrogen-bond donors (Lipinski definition) is 0. The van der Waals surface area contributed by atoms with E-state index in [2.05, 4.69) is 149 Å². The molecule has 0 fully saturated rings. The van der Waals surface area contributed by atoms with Gasteiger partial charge in [0.15, 0.2) is 0 Å². The standard InChI is InChI=1S/C41H25N3/c42-26-27-20-21-29-25-31(23-22-28(29)24-27)44-37-17-7-5-13-35(37)41-33(15-9-19-39(41)44)32-14-8-18-38-40(32)34-12-4-6-16-36(34)43(38)30-10-2-1-3-11-30/h1-25H. The SMILES string of the molecule is N#Cc1ccc2cc(-n3c4ccccc4c4c(-c5cccc6c5c5ccccc5n6-c5ccccc5)cccc43)ccc2c1. The Labute approximate surface area is 254 Å². The fourth-order valence-electron chi connectivity index (χ4n) is 7.06. The maximum absolute atomic E-state index is 9.39. The molecule has 0 saturated carbocycles. The number of para-hydroxylation sites is 3. The molecule has 0 radical (unpaired) electrons. The van der Waals surface area contributed by atoms with Gasteiger partial charge in [0, 0.05) is 32.9 Å².